The van der Waals surface area contributed by atoms with E-state index in [0.717, 1.165) is 44.8 Å². The van der Waals surface area contributed by atoms with Gasteiger partial charge in [0.05, 0.1) is 6.61 Å². The molecule has 2 aliphatic rings. The maximum atomic E-state index is 12.5. The van der Waals surface area contributed by atoms with Crippen LogP contribution in [0.3, 0.4) is 0 Å². The second-order valence-corrected chi connectivity index (χ2v) is 7.02. The lowest BCUT2D eigenvalue weighted by molar-refractivity contribution is -0.130. The summed E-state index contributed by atoms with van der Waals surface area (Å²) in [6.07, 6.45) is 7.42. The Morgan fingerprint density at radius 2 is 2.17 bits per heavy atom. The summed E-state index contributed by atoms with van der Waals surface area (Å²) in [5, 5.41) is 0. The van der Waals surface area contributed by atoms with Crippen LogP contribution < -0.4 is 0 Å². The largest absolute Gasteiger partial charge is 0.384 e. The van der Waals surface area contributed by atoms with Crippen LogP contribution in [0.25, 0.3) is 0 Å². The van der Waals surface area contributed by atoms with E-state index in [4.69, 9.17) is 4.74 Å². The minimum absolute atomic E-state index is 0.219. The van der Waals surface area contributed by atoms with Crippen LogP contribution in [0, 0.1) is 11.3 Å². The Labute approximate surface area is 137 Å². The third-order valence-electron chi connectivity index (χ3n) is 5.33. The number of hydrogen-bond donors (Lipinski definition) is 0. The molecule has 6 heteroatoms. The zero-order valence-electron chi connectivity index (χ0n) is 14.1. The first kappa shape index (κ1) is 16.3. The highest BCUT2D eigenvalue weighted by Gasteiger charge is 2.50. The fraction of sp³-hybridized carbons (Fsp3) is 0.706. The zero-order chi connectivity index (χ0) is 16.3. The van der Waals surface area contributed by atoms with Crippen LogP contribution in [0.1, 0.15) is 18.4 Å². The summed E-state index contributed by atoms with van der Waals surface area (Å²) in [6, 6.07) is 0. The monoisotopic (exact) mass is 318 g/mol. The maximum Gasteiger partial charge on any atom is 0.222 e. The molecule has 2 saturated heterocycles. The Hall–Kier alpha value is -1.53. The minimum Gasteiger partial charge on any atom is -0.384 e. The Kier molecular flexibility index (Phi) is 4.92. The van der Waals surface area contributed by atoms with Crippen LogP contribution in [-0.2, 0) is 16.0 Å². The molecule has 3 heterocycles. The lowest BCUT2D eigenvalue weighted by Crippen LogP contribution is -2.38. The van der Waals surface area contributed by atoms with Crippen molar-refractivity contribution in [2.75, 3.05) is 46.9 Å². The molecule has 2 fully saturated rings. The molecule has 6 nitrogen and oxygen atoms in total. The van der Waals surface area contributed by atoms with E-state index in [1.165, 1.54) is 6.33 Å². The molecule has 0 saturated carbocycles. The number of aryl methyl sites for hydroxylation is 1. The molecular weight excluding hydrogens is 292 g/mol. The van der Waals surface area contributed by atoms with Crippen molar-refractivity contribution in [1.82, 2.24) is 19.8 Å². The molecule has 0 bridgehead atoms. The predicted molar refractivity (Wildman–Crippen MR) is 86.8 cm³/mol. The first-order valence-electron chi connectivity index (χ1n) is 8.32. The smallest absolute Gasteiger partial charge is 0.222 e. The van der Waals surface area contributed by atoms with Gasteiger partial charge in [0.2, 0.25) is 5.91 Å². The first-order valence-corrected chi connectivity index (χ1v) is 8.32. The van der Waals surface area contributed by atoms with Crippen LogP contribution in [-0.4, -0.2) is 72.6 Å². The van der Waals surface area contributed by atoms with Crippen LogP contribution in [0.4, 0.5) is 0 Å². The van der Waals surface area contributed by atoms with E-state index in [0.29, 0.717) is 18.8 Å². The Morgan fingerprint density at radius 3 is 2.91 bits per heavy atom. The van der Waals surface area contributed by atoms with Crippen molar-refractivity contribution in [2.45, 2.75) is 19.3 Å². The third kappa shape index (κ3) is 3.53. The number of rotatable bonds is 5. The number of methoxy groups -OCH3 is 1. The van der Waals surface area contributed by atoms with E-state index in [-0.39, 0.29) is 11.3 Å². The molecule has 2 aliphatic heterocycles. The summed E-state index contributed by atoms with van der Waals surface area (Å²) in [6.45, 7) is 4.66. The molecule has 0 N–H and O–H groups in total. The quantitative estimate of drug-likeness (QED) is 0.805. The molecule has 1 aromatic rings. The molecule has 0 radical (unpaired) electrons. The van der Waals surface area contributed by atoms with E-state index in [1.807, 2.05) is 4.90 Å². The van der Waals surface area contributed by atoms with E-state index in [1.54, 1.807) is 19.5 Å². The highest BCUT2D eigenvalue weighted by Crippen LogP contribution is 2.43. The normalized spacial score (nSPS) is 27.9. The summed E-state index contributed by atoms with van der Waals surface area (Å²) in [5.74, 6) is 0.772. The van der Waals surface area contributed by atoms with Gasteiger partial charge in [-0.15, -0.1) is 0 Å². The average molecular weight is 318 g/mol. The van der Waals surface area contributed by atoms with E-state index in [2.05, 4.69) is 21.9 Å². The molecule has 3 rings (SSSR count). The predicted octanol–water partition coefficient (Wildman–Crippen LogP) is 0.836. The van der Waals surface area contributed by atoms with Gasteiger partial charge in [-0.05, 0) is 25.5 Å². The molecule has 23 heavy (non-hydrogen) atoms. The van der Waals surface area contributed by atoms with Crippen molar-refractivity contribution in [3.05, 3.63) is 24.3 Å². The standard InChI is InChI=1S/C17H26N4O2/c1-20-9-15(10-23-2)17(11-20)5-6-21(12-17)16(22)4-3-14-7-18-13-19-8-14/h7-8,13,15H,3-6,9-12H2,1-2H3/t15-,17-/m1/s1. The van der Waals surface area contributed by atoms with Crippen molar-refractivity contribution in [1.29, 1.82) is 0 Å². The highest BCUT2D eigenvalue weighted by molar-refractivity contribution is 5.76. The van der Waals surface area contributed by atoms with Gasteiger partial charge in [-0.25, -0.2) is 9.97 Å². The number of carbonyl (C=O) groups excluding carboxylic acids is 1. The molecular formula is C17H26N4O2. The molecule has 2 atom stereocenters. The first-order chi connectivity index (χ1) is 11.1. The summed E-state index contributed by atoms with van der Waals surface area (Å²) in [5.41, 5.74) is 1.24. The van der Waals surface area contributed by atoms with Gasteiger partial charge < -0.3 is 14.5 Å². The number of hydrogen-bond acceptors (Lipinski definition) is 5. The van der Waals surface area contributed by atoms with Gasteiger partial charge in [0.25, 0.3) is 0 Å². The van der Waals surface area contributed by atoms with E-state index in [9.17, 15) is 4.79 Å². The van der Waals surface area contributed by atoms with Gasteiger partial charge in [-0.2, -0.15) is 0 Å². The number of carbonyl (C=O) groups is 1. The molecule has 1 amide bonds. The Bertz CT molecular complexity index is 539. The van der Waals surface area contributed by atoms with Gasteiger partial charge in [0.1, 0.15) is 6.33 Å². The van der Waals surface area contributed by atoms with Crippen LogP contribution in [0.5, 0.6) is 0 Å². The number of nitrogens with zero attached hydrogens (tertiary/aromatic N) is 4. The lowest BCUT2D eigenvalue weighted by atomic mass is 9.77. The topological polar surface area (TPSA) is 58.6 Å². The number of ether oxygens (including phenoxy) is 1. The number of amides is 1. The SMILES string of the molecule is COC[C@H]1CN(C)C[C@@]12CCN(C(=O)CCc1cncnc1)C2. The van der Waals surface area contributed by atoms with Crippen molar-refractivity contribution in [3.8, 4) is 0 Å². The fourth-order valence-electron chi connectivity index (χ4n) is 4.17. The van der Waals surface area contributed by atoms with Crippen LogP contribution in [0.15, 0.2) is 18.7 Å². The number of aromatic nitrogens is 2. The summed E-state index contributed by atoms with van der Waals surface area (Å²) in [4.78, 5) is 25.0. The summed E-state index contributed by atoms with van der Waals surface area (Å²) >= 11 is 0. The Balaban J connectivity index is 1.57. The van der Waals surface area contributed by atoms with Crippen molar-refractivity contribution in [2.24, 2.45) is 11.3 Å². The fourth-order valence-corrected chi connectivity index (χ4v) is 4.17. The van der Waals surface area contributed by atoms with E-state index < -0.39 is 0 Å². The summed E-state index contributed by atoms with van der Waals surface area (Å²) in [7, 11) is 3.93. The zero-order valence-corrected chi connectivity index (χ0v) is 14.1. The van der Waals surface area contributed by atoms with E-state index >= 15 is 0 Å². The van der Waals surface area contributed by atoms with Crippen molar-refractivity contribution in [3.63, 3.8) is 0 Å². The molecule has 0 unspecified atom stereocenters. The van der Waals surface area contributed by atoms with Gasteiger partial charge in [0.15, 0.2) is 0 Å². The molecule has 126 valence electrons. The molecule has 0 aliphatic carbocycles. The van der Waals surface area contributed by atoms with Gasteiger partial charge >= 0.3 is 0 Å². The second-order valence-electron chi connectivity index (χ2n) is 7.02. The maximum absolute atomic E-state index is 12.5. The third-order valence-corrected chi connectivity index (χ3v) is 5.33. The number of likely N-dealkylation sites (tertiary alicyclic amines) is 2. The van der Waals surface area contributed by atoms with Crippen LogP contribution >= 0.6 is 0 Å². The van der Waals surface area contributed by atoms with Gasteiger partial charge in [0, 0.05) is 63.4 Å². The molecule has 1 spiro atoms. The second kappa shape index (κ2) is 6.93. The van der Waals surface area contributed by atoms with Gasteiger partial charge in [-0.3, -0.25) is 4.79 Å². The highest BCUT2D eigenvalue weighted by atomic mass is 16.5. The van der Waals surface area contributed by atoms with Crippen LogP contribution in [0.2, 0.25) is 0 Å². The molecule has 0 aromatic carbocycles. The minimum atomic E-state index is 0.219. The lowest BCUT2D eigenvalue weighted by Gasteiger charge is -2.30. The Morgan fingerprint density at radius 1 is 1.39 bits per heavy atom. The molecule has 1 aromatic heterocycles. The average Bonchev–Trinajstić information content (AvgIpc) is 3.11. The summed E-state index contributed by atoms with van der Waals surface area (Å²) < 4.78 is 5.42. The van der Waals surface area contributed by atoms with Gasteiger partial charge in [-0.1, -0.05) is 0 Å². The van der Waals surface area contributed by atoms with Crippen molar-refractivity contribution < 1.29 is 9.53 Å². The van der Waals surface area contributed by atoms with Crippen molar-refractivity contribution >= 4 is 5.91 Å².